The molecule has 0 radical (unpaired) electrons. The number of amides is 1. The topological polar surface area (TPSA) is 41.1 Å². The van der Waals surface area contributed by atoms with Crippen LogP contribution in [-0.4, -0.2) is 12.5 Å². The van der Waals surface area contributed by atoms with Crippen LogP contribution in [0.15, 0.2) is 66.0 Å². The van der Waals surface area contributed by atoms with E-state index in [9.17, 15) is 4.79 Å². The highest BCUT2D eigenvalue weighted by Crippen LogP contribution is 2.26. The maximum absolute atomic E-state index is 12.5. The molecule has 2 N–H and O–H groups in total. The first-order valence-electron chi connectivity index (χ1n) is 8.88. The molecule has 3 rings (SSSR count). The second kappa shape index (κ2) is 8.79. The second-order valence-corrected chi connectivity index (χ2v) is 7.28. The number of hydrogen-bond acceptors (Lipinski definition) is 3. The third-order valence-corrected chi connectivity index (χ3v) is 5.31. The van der Waals surface area contributed by atoms with E-state index in [2.05, 4.69) is 60.2 Å². The zero-order valence-corrected chi connectivity index (χ0v) is 16.0. The summed E-state index contributed by atoms with van der Waals surface area (Å²) in [5.41, 5.74) is 4.44. The van der Waals surface area contributed by atoms with Crippen molar-refractivity contribution in [2.75, 3.05) is 11.9 Å². The van der Waals surface area contributed by atoms with Gasteiger partial charge in [-0.1, -0.05) is 61.0 Å². The molecular formula is C22H24N2OS. The summed E-state index contributed by atoms with van der Waals surface area (Å²) in [5.74, 6) is -0.0282. The lowest BCUT2D eigenvalue weighted by Gasteiger charge is -2.18. The lowest BCUT2D eigenvalue weighted by Crippen LogP contribution is -2.31. The van der Waals surface area contributed by atoms with Crippen LogP contribution in [0.1, 0.15) is 34.5 Å². The van der Waals surface area contributed by atoms with E-state index in [-0.39, 0.29) is 18.5 Å². The van der Waals surface area contributed by atoms with Crippen molar-refractivity contribution in [2.45, 2.75) is 26.3 Å². The minimum Gasteiger partial charge on any atom is -0.325 e. The predicted molar refractivity (Wildman–Crippen MR) is 110 cm³/mol. The third-order valence-electron chi connectivity index (χ3n) is 4.38. The second-order valence-electron chi connectivity index (χ2n) is 6.30. The van der Waals surface area contributed by atoms with Crippen molar-refractivity contribution in [2.24, 2.45) is 0 Å². The molecule has 0 spiro atoms. The number of anilines is 1. The lowest BCUT2D eigenvalue weighted by atomic mass is 10.0. The van der Waals surface area contributed by atoms with Gasteiger partial charge in [-0.3, -0.25) is 10.1 Å². The van der Waals surface area contributed by atoms with E-state index in [4.69, 9.17) is 0 Å². The number of para-hydroxylation sites is 1. The fraction of sp³-hybridized carbons (Fsp3) is 0.227. The van der Waals surface area contributed by atoms with Crippen molar-refractivity contribution < 1.29 is 4.79 Å². The molecule has 1 aromatic heterocycles. The quantitative estimate of drug-likeness (QED) is 0.624. The highest BCUT2D eigenvalue weighted by atomic mass is 32.1. The Morgan fingerprint density at radius 2 is 1.81 bits per heavy atom. The molecule has 26 heavy (non-hydrogen) atoms. The number of carbonyl (C=O) groups is 1. The third kappa shape index (κ3) is 4.59. The van der Waals surface area contributed by atoms with Crippen LogP contribution in [0.4, 0.5) is 5.69 Å². The average Bonchev–Trinajstić information content (AvgIpc) is 3.18. The van der Waals surface area contributed by atoms with Crippen molar-refractivity contribution in [1.82, 2.24) is 5.32 Å². The molecule has 134 valence electrons. The fourth-order valence-electron chi connectivity index (χ4n) is 2.94. The van der Waals surface area contributed by atoms with Crippen LogP contribution in [0, 0.1) is 6.92 Å². The summed E-state index contributed by atoms with van der Waals surface area (Å²) in [6.07, 6.45) is 0.894. The van der Waals surface area contributed by atoms with Crippen LogP contribution in [0.5, 0.6) is 0 Å². The maximum atomic E-state index is 12.5. The molecule has 2 aromatic carbocycles. The molecule has 0 bridgehead atoms. The number of rotatable bonds is 7. The van der Waals surface area contributed by atoms with Gasteiger partial charge in [0.1, 0.15) is 0 Å². The van der Waals surface area contributed by atoms with E-state index in [1.54, 1.807) is 11.3 Å². The molecule has 0 unspecified atom stereocenters. The standard InChI is InChI=1S/C22H24N2OS/c1-3-17-7-4-5-8-19(17)24-21(25)15-23-22(20-9-6-14-26-20)18-12-10-16(2)11-13-18/h4-14,22-23H,3,15H2,1-2H3,(H,24,25)/t22-/m1/s1. The van der Waals surface area contributed by atoms with Gasteiger partial charge in [0.15, 0.2) is 0 Å². The first-order chi connectivity index (χ1) is 12.7. The van der Waals surface area contributed by atoms with E-state index >= 15 is 0 Å². The van der Waals surface area contributed by atoms with Crippen LogP contribution in [-0.2, 0) is 11.2 Å². The Morgan fingerprint density at radius 1 is 1.04 bits per heavy atom. The molecule has 3 nitrogen and oxygen atoms in total. The molecule has 0 saturated carbocycles. The first kappa shape index (κ1) is 18.4. The van der Waals surface area contributed by atoms with Gasteiger partial charge < -0.3 is 5.32 Å². The summed E-state index contributed by atoms with van der Waals surface area (Å²) < 4.78 is 0. The molecule has 1 heterocycles. The zero-order valence-electron chi connectivity index (χ0n) is 15.2. The Kier molecular flexibility index (Phi) is 6.21. The van der Waals surface area contributed by atoms with Crippen LogP contribution in [0.3, 0.4) is 0 Å². The summed E-state index contributed by atoms with van der Waals surface area (Å²) in [4.78, 5) is 13.7. The van der Waals surface area contributed by atoms with Gasteiger partial charge in [-0.2, -0.15) is 0 Å². The Hall–Kier alpha value is -2.43. The van der Waals surface area contributed by atoms with Crippen LogP contribution < -0.4 is 10.6 Å². The molecule has 0 aliphatic heterocycles. The molecule has 1 amide bonds. The van der Waals surface area contributed by atoms with Crippen LogP contribution in [0.25, 0.3) is 0 Å². The summed E-state index contributed by atoms with van der Waals surface area (Å²) in [6, 6.07) is 20.6. The average molecular weight is 365 g/mol. The predicted octanol–water partition coefficient (Wildman–Crippen LogP) is 4.94. The minimum atomic E-state index is -0.0282. The number of hydrogen-bond donors (Lipinski definition) is 2. The summed E-state index contributed by atoms with van der Waals surface area (Å²) in [7, 11) is 0. The highest BCUT2D eigenvalue weighted by Gasteiger charge is 2.16. The monoisotopic (exact) mass is 364 g/mol. The van der Waals surface area contributed by atoms with E-state index in [0.29, 0.717) is 0 Å². The first-order valence-corrected chi connectivity index (χ1v) is 9.76. The van der Waals surface area contributed by atoms with E-state index < -0.39 is 0 Å². The number of benzene rings is 2. The molecule has 0 saturated heterocycles. The van der Waals surface area contributed by atoms with Crippen molar-refractivity contribution in [1.29, 1.82) is 0 Å². The number of nitrogens with one attached hydrogen (secondary N) is 2. The lowest BCUT2D eigenvalue weighted by molar-refractivity contribution is -0.115. The van der Waals surface area contributed by atoms with Gasteiger partial charge in [-0.05, 0) is 42.0 Å². The van der Waals surface area contributed by atoms with E-state index in [0.717, 1.165) is 17.7 Å². The highest BCUT2D eigenvalue weighted by molar-refractivity contribution is 7.10. The molecule has 3 aromatic rings. The van der Waals surface area contributed by atoms with Crippen LogP contribution in [0.2, 0.25) is 0 Å². The SMILES string of the molecule is CCc1ccccc1NC(=O)CN[C@H](c1ccc(C)cc1)c1cccs1. The molecule has 1 atom stereocenters. The van der Waals surface area contributed by atoms with Crippen molar-refractivity contribution >= 4 is 22.9 Å². The number of aryl methyl sites for hydroxylation is 2. The van der Waals surface area contributed by atoms with E-state index in [1.807, 2.05) is 30.3 Å². The number of thiophene rings is 1. The van der Waals surface area contributed by atoms with Gasteiger partial charge in [-0.15, -0.1) is 11.3 Å². The van der Waals surface area contributed by atoms with Gasteiger partial charge in [0.25, 0.3) is 0 Å². The Bertz CT molecular complexity index is 841. The Labute approximate surface area is 159 Å². The summed E-state index contributed by atoms with van der Waals surface area (Å²) in [6.45, 7) is 4.43. The van der Waals surface area contributed by atoms with Crippen molar-refractivity contribution in [3.63, 3.8) is 0 Å². The zero-order chi connectivity index (χ0) is 18.4. The largest absolute Gasteiger partial charge is 0.325 e. The molecule has 0 fully saturated rings. The smallest absolute Gasteiger partial charge is 0.238 e. The molecule has 4 heteroatoms. The molecular weight excluding hydrogens is 340 g/mol. The van der Waals surface area contributed by atoms with Gasteiger partial charge in [0.2, 0.25) is 5.91 Å². The van der Waals surface area contributed by atoms with Gasteiger partial charge >= 0.3 is 0 Å². The molecule has 0 aliphatic rings. The summed E-state index contributed by atoms with van der Waals surface area (Å²) in [5, 5.41) is 8.50. The van der Waals surface area contributed by atoms with Gasteiger partial charge in [-0.25, -0.2) is 0 Å². The van der Waals surface area contributed by atoms with Crippen molar-refractivity contribution in [3.05, 3.63) is 87.6 Å². The van der Waals surface area contributed by atoms with Gasteiger partial charge in [0.05, 0.1) is 12.6 Å². The molecule has 0 aliphatic carbocycles. The number of carbonyl (C=O) groups excluding carboxylic acids is 1. The van der Waals surface area contributed by atoms with E-state index in [1.165, 1.54) is 16.0 Å². The van der Waals surface area contributed by atoms with Gasteiger partial charge in [0, 0.05) is 10.6 Å². The fourth-order valence-corrected chi connectivity index (χ4v) is 3.76. The summed E-state index contributed by atoms with van der Waals surface area (Å²) >= 11 is 1.70. The van der Waals surface area contributed by atoms with Crippen molar-refractivity contribution in [3.8, 4) is 0 Å². The Balaban J connectivity index is 1.70. The normalized spacial score (nSPS) is 11.9. The maximum Gasteiger partial charge on any atom is 0.238 e. The van der Waals surface area contributed by atoms with Crippen LogP contribution >= 0.6 is 11.3 Å². The minimum absolute atomic E-state index is 0.0165. The Morgan fingerprint density at radius 3 is 2.50 bits per heavy atom.